The van der Waals surface area contributed by atoms with E-state index in [1.165, 1.54) is 0 Å². The van der Waals surface area contributed by atoms with E-state index < -0.39 is 5.54 Å². The molecule has 0 aromatic heterocycles. The zero-order valence-corrected chi connectivity index (χ0v) is 10.3. The minimum atomic E-state index is -0.780. The smallest absolute Gasteiger partial charge is 0.239 e. The SMILES string of the molecule is CC(CNC(=O)C(C)(C)N)C(C)(C)C. The number of nitrogens with two attached hydrogens (primary N) is 1. The van der Waals surface area contributed by atoms with Gasteiger partial charge in [-0.05, 0) is 25.2 Å². The summed E-state index contributed by atoms with van der Waals surface area (Å²) in [5.41, 5.74) is 5.10. The molecule has 84 valence electrons. The first-order valence-corrected chi connectivity index (χ1v) is 5.12. The minimum absolute atomic E-state index is 0.0893. The van der Waals surface area contributed by atoms with Crippen LogP contribution in [0.1, 0.15) is 41.5 Å². The van der Waals surface area contributed by atoms with Crippen LogP contribution < -0.4 is 11.1 Å². The second kappa shape index (κ2) is 4.30. The van der Waals surface area contributed by atoms with Gasteiger partial charge in [-0.3, -0.25) is 4.79 Å². The molecule has 0 radical (unpaired) electrons. The van der Waals surface area contributed by atoms with Crippen LogP contribution in [0.25, 0.3) is 0 Å². The Balaban J connectivity index is 4.03. The highest BCUT2D eigenvalue weighted by Crippen LogP contribution is 2.24. The van der Waals surface area contributed by atoms with E-state index in [0.29, 0.717) is 12.5 Å². The van der Waals surface area contributed by atoms with Crippen LogP contribution in [0.2, 0.25) is 0 Å². The van der Waals surface area contributed by atoms with Gasteiger partial charge in [-0.25, -0.2) is 0 Å². The lowest BCUT2D eigenvalue weighted by atomic mass is 9.82. The number of nitrogens with one attached hydrogen (secondary N) is 1. The summed E-state index contributed by atoms with van der Waals surface area (Å²) in [6.45, 7) is 12.7. The van der Waals surface area contributed by atoms with Gasteiger partial charge in [-0.2, -0.15) is 0 Å². The van der Waals surface area contributed by atoms with Crippen LogP contribution in [0, 0.1) is 11.3 Å². The van der Waals surface area contributed by atoms with Gasteiger partial charge in [0, 0.05) is 6.54 Å². The normalized spacial score (nSPS) is 15.1. The zero-order valence-electron chi connectivity index (χ0n) is 10.3. The van der Waals surface area contributed by atoms with Gasteiger partial charge in [-0.1, -0.05) is 27.7 Å². The standard InChI is InChI=1S/C11H24N2O/c1-8(10(2,3)4)7-13-9(14)11(5,6)12/h8H,7,12H2,1-6H3,(H,13,14). The molecule has 1 unspecified atom stereocenters. The molecule has 0 saturated heterocycles. The van der Waals surface area contributed by atoms with Crippen molar-refractivity contribution in [2.75, 3.05) is 6.54 Å². The predicted molar refractivity (Wildman–Crippen MR) is 59.9 cm³/mol. The molecular weight excluding hydrogens is 176 g/mol. The van der Waals surface area contributed by atoms with Crippen molar-refractivity contribution in [3.05, 3.63) is 0 Å². The van der Waals surface area contributed by atoms with Crippen LogP contribution >= 0.6 is 0 Å². The van der Waals surface area contributed by atoms with Crippen molar-refractivity contribution >= 4 is 5.91 Å². The molecular formula is C11H24N2O. The summed E-state index contributed by atoms with van der Waals surface area (Å²) in [6.07, 6.45) is 0. The van der Waals surface area contributed by atoms with Crippen molar-refractivity contribution < 1.29 is 4.79 Å². The highest BCUT2D eigenvalue weighted by atomic mass is 16.2. The number of rotatable bonds is 3. The van der Waals surface area contributed by atoms with Crippen molar-refractivity contribution in [3.8, 4) is 0 Å². The van der Waals surface area contributed by atoms with Gasteiger partial charge in [0.25, 0.3) is 0 Å². The Labute approximate surface area is 87.4 Å². The van der Waals surface area contributed by atoms with Crippen LogP contribution in [0.3, 0.4) is 0 Å². The molecule has 3 N–H and O–H groups in total. The summed E-state index contributed by atoms with van der Waals surface area (Å²) < 4.78 is 0. The number of hydrogen-bond donors (Lipinski definition) is 2. The highest BCUT2D eigenvalue weighted by molar-refractivity contribution is 5.84. The van der Waals surface area contributed by atoms with Crippen LogP contribution in [0.4, 0.5) is 0 Å². The van der Waals surface area contributed by atoms with Crippen LogP contribution in [-0.2, 0) is 4.79 Å². The second-order valence-electron chi connectivity index (χ2n) is 5.70. The third-order valence-electron chi connectivity index (χ3n) is 2.63. The molecule has 0 fully saturated rings. The molecule has 0 saturated carbocycles. The Bertz CT molecular complexity index is 198. The maximum Gasteiger partial charge on any atom is 0.239 e. The van der Waals surface area contributed by atoms with Gasteiger partial charge in [0.05, 0.1) is 5.54 Å². The Morgan fingerprint density at radius 3 is 2.00 bits per heavy atom. The van der Waals surface area contributed by atoms with Crippen molar-refractivity contribution in [1.82, 2.24) is 5.32 Å². The molecule has 0 aliphatic heterocycles. The third kappa shape index (κ3) is 4.61. The molecule has 0 aliphatic rings. The van der Waals surface area contributed by atoms with Gasteiger partial charge in [0.15, 0.2) is 0 Å². The molecule has 0 heterocycles. The average molecular weight is 200 g/mol. The van der Waals surface area contributed by atoms with Crippen LogP contribution in [0.5, 0.6) is 0 Å². The Kier molecular flexibility index (Phi) is 4.13. The summed E-state index contributed by atoms with van der Waals surface area (Å²) in [5.74, 6) is 0.349. The molecule has 0 rings (SSSR count). The molecule has 0 aliphatic carbocycles. The van der Waals surface area contributed by atoms with Gasteiger partial charge >= 0.3 is 0 Å². The van der Waals surface area contributed by atoms with E-state index in [-0.39, 0.29) is 11.3 Å². The summed E-state index contributed by atoms with van der Waals surface area (Å²) in [5, 5.41) is 2.86. The van der Waals surface area contributed by atoms with Crippen molar-refractivity contribution in [2.45, 2.75) is 47.1 Å². The van der Waals surface area contributed by atoms with Gasteiger partial charge in [-0.15, -0.1) is 0 Å². The van der Waals surface area contributed by atoms with E-state index in [0.717, 1.165) is 0 Å². The first kappa shape index (κ1) is 13.4. The molecule has 3 nitrogen and oxygen atoms in total. The molecule has 0 spiro atoms. The van der Waals surface area contributed by atoms with Crippen LogP contribution in [-0.4, -0.2) is 18.0 Å². The van der Waals surface area contributed by atoms with E-state index in [2.05, 4.69) is 33.0 Å². The summed E-state index contributed by atoms with van der Waals surface area (Å²) >= 11 is 0. The first-order chi connectivity index (χ1) is 6.05. The molecule has 1 amide bonds. The number of amides is 1. The largest absolute Gasteiger partial charge is 0.354 e. The Morgan fingerprint density at radius 1 is 1.29 bits per heavy atom. The maximum atomic E-state index is 11.5. The maximum absolute atomic E-state index is 11.5. The topological polar surface area (TPSA) is 55.1 Å². The molecule has 3 heteroatoms. The van der Waals surface area contributed by atoms with Crippen molar-refractivity contribution in [3.63, 3.8) is 0 Å². The van der Waals surface area contributed by atoms with Gasteiger partial charge in [0.1, 0.15) is 0 Å². The fraction of sp³-hybridized carbons (Fsp3) is 0.909. The summed E-state index contributed by atoms with van der Waals surface area (Å²) in [6, 6.07) is 0. The number of hydrogen-bond acceptors (Lipinski definition) is 2. The van der Waals surface area contributed by atoms with E-state index in [9.17, 15) is 4.79 Å². The zero-order chi connectivity index (χ0) is 11.6. The lowest BCUT2D eigenvalue weighted by Gasteiger charge is -2.28. The molecule has 0 bridgehead atoms. The molecule has 0 aromatic rings. The van der Waals surface area contributed by atoms with E-state index >= 15 is 0 Å². The molecule has 14 heavy (non-hydrogen) atoms. The predicted octanol–water partition coefficient (Wildman–Crippen LogP) is 1.52. The lowest BCUT2D eigenvalue weighted by Crippen LogP contribution is -2.50. The molecule has 1 atom stereocenters. The van der Waals surface area contributed by atoms with Crippen LogP contribution in [0.15, 0.2) is 0 Å². The summed E-state index contributed by atoms with van der Waals surface area (Å²) in [4.78, 5) is 11.5. The monoisotopic (exact) mass is 200 g/mol. The molecule has 0 aromatic carbocycles. The fourth-order valence-corrected chi connectivity index (χ4v) is 0.780. The quantitative estimate of drug-likeness (QED) is 0.725. The van der Waals surface area contributed by atoms with Gasteiger partial charge in [0.2, 0.25) is 5.91 Å². The average Bonchev–Trinajstić information content (AvgIpc) is 1.95. The van der Waals surface area contributed by atoms with Crippen molar-refractivity contribution in [2.24, 2.45) is 17.1 Å². The lowest BCUT2D eigenvalue weighted by molar-refractivity contribution is -0.125. The highest BCUT2D eigenvalue weighted by Gasteiger charge is 2.24. The van der Waals surface area contributed by atoms with E-state index in [4.69, 9.17) is 5.73 Å². The Hall–Kier alpha value is -0.570. The number of carbonyl (C=O) groups is 1. The fourth-order valence-electron chi connectivity index (χ4n) is 0.780. The number of carbonyl (C=O) groups excluding carboxylic acids is 1. The Morgan fingerprint density at radius 2 is 1.71 bits per heavy atom. The third-order valence-corrected chi connectivity index (χ3v) is 2.63. The minimum Gasteiger partial charge on any atom is -0.354 e. The first-order valence-electron chi connectivity index (χ1n) is 5.12. The van der Waals surface area contributed by atoms with E-state index in [1.54, 1.807) is 13.8 Å². The second-order valence-corrected chi connectivity index (χ2v) is 5.70. The summed E-state index contributed by atoms with van der Waals surface area (Å²) in [7, 11) is 0. The van der Waals surface area contributed by atoms with Crippen molar-refractivity contribution in [1.29, 1.82) is 0 Å². The van der Waals surface area contributed by atoms with E-state index in [1.807, 2.05) is 0 Å². The van der Waals surface area contributed by atoms with Gasteiger partial charge < -0.3 is 11.1 Å².